The van der Waals surface area contributed by atoms with Gasteiger partial charge >= 0.3 is 0 Å². The first-order chi connectivity index (χ1) is 7.42. The van der Waals surface area contributed by atoms with Crippen LogP contribution in [-0.2, 0) is 0 Å². The third-order valence-corrected chi connectivity index (χ3v) is 3.39. The molecule has 1 fully saturated rings. The maximum atomic E-state index is 12.0. The van der Waals surface area contributed by atoms with Crippen molar-refractivity contribution in [2.24, 2.45) is 11.7 Å². The number of nitrogens with zero attached hydrogens (tertiary/aromatic N) is 1. The summed E-state index contributed by atoms with van der Waals surface area (Å²) in [6.45, 7) is 7.27. The Bertz CT molecular complexity index is 403. The SMILES string of the molecule is Cc1cc(C(=O)N2CC(N)(C(C)C)C2)co1. The molecule has 4 heteroatoms. The van der Waals surface area contributed by atoms with Crippen molar-refractivity contribution in [2.45, 2.75) is 26.3 Å². The van der Waals surface area contributed by atoms with Gasteiger partial charge in [0.1, 0.15) is 12.0 Å². The van der Waals surface area contributed by atoms with E-state index in [0.29, 0.717) is 24.6 Å². The van der Waals surface area contributed by atoms with Crippen LogP contribution in [0, 0.1) is 12.8 Å². The summed E-state index contributed by atoms with van der Waals surface area (Å²) in [5.41, 5.74) is 6.54. The predicted octanol–water partition coefficient (Wildman–Crippen LogP) is 1.40. The Morgan fingerprint density at radius 3 is 2.62 bits per heavy atom. The molecule has 1 aromatic rings. The molecule has 0 aliphatic carbocycles. The topological polar surface area (TPSA) is 59.5 Å². The van der Waals surface area contributed by atoms with Gasteiger partial charge in [-0.3, -0.25) is 4.79 Å². The number of aryl methyl sites for hydroxylation is 1. The van der Waals surface area contributed by atoms with E-state index in [1.165, 1.54) is 6.26 Å². The molecule has 0 saturated carbocycles. The number of rotatable bonds is 2. The zero-order valence-corrected chi connectivity index (χ0v) is 9.99. The number of carbonyl (C=O) groups excluding carboxylic acids is 1. The smallest absolute Gasteiger partial charge is 0.257 e. The quantitative estimate of drug-likeness (QED) is 0.822. The highest BCUT2D eigenvalue weighted by molar-refractivity contribution is 5.94. The van der Waals surface area contributed by atoms with Crippen LogP contribution in [0.1, 0.15) is 30.0 Å². The van der Waals surface area contributed by atoms with Gasteiger partial charge in [0.2, 0.25) is 0 Å². The van der Waals surface area contributed by atoms with Crippen molar-refractivity contribution in [1.29, 1.82) is 0 Å². The first-order valence-corrected chi connectivity index (χ1v) is 5.56. The van der Waals surface area contributed by atoms with Crippen molar-refractivity contribution in [3.63, 3.8) is 0 Å². The molecular weight excluding hydrogens is 204 g/mol. The van der Waals surface area contributed by atoms with E-state index < -0.39 is 0 Å². The van der Waals surface area contributed by atoms with Crippen LogP contribution in [0.25, 0.3) is 0 Å². The number of hydrogen-bond acceptors (Lipinski definition) is 3. The van der Waals surface area contributed by atoms with E-state index in [4.69, 9.17) is 10.2 Å². The minimum atomic E-state index is -0.214. The Balaban J connectivity index is 2.00. The summed E-state index contributed by atoms with van der Waals surface area (Å²) in [7, 11) is 0. The van der Waals surface area contributed by atoms with Crippen LogP contribution in [0.2, 0.25) is 0 Å². The van der Waals surface area contributed by atoms with Gasteiger partial charge < -0.3 is 15.1 Å². The van der Waals surface area contributed by atoms with Gasteiger partial charge in [-0.05, 0) is 18.9 Å². The lowest BCUT2D eigenvalue weighted by Gasteiger charge is -2.50. The molecule has 1 aliphatic heterocycles. The number of carbonyl (C=O) groups is 1. The average molecular weight is 222 g/mol. The van der Waals surface area contributed by atoms with Crippen molar-refractivity contribution in [3.05, 3.63) is 23.7 Å². The fourth-order valence-corrected chi connectivity index (χ4v) is 1.91. The second kappa shape index (κ2) is 3.63. The van der Waals surface area contributed by atoms with Crippen LogP contribution in [0.15, 0.2) is 16.7 Å². The molecule has 4 nitrogen and oxygen atoms in total. The van der Waals surface area contributed by atoms with Gasteiger partial charge in [-0.15, -0.1) is 0 Å². The van der Waals surface area contributed by atoms with Crippen molar-refractivity contribution in [2.75, 3.05) is 13.1 Å². The Morgan fingerprint density at radius 1 is 1.56 bits per heavy atom. The van der Waals surface area contributed by atoms with E-state index in [9.17, 15) is 4.79 Å². The van der Waals surface area contributed by atoms with Gasteiger partial charge in [0.05, 0.1) is 11.1 Å². The summed E-state index contributed by atoms with van der Waals surface area (Å²) in [4.78, 5) is 13.7. The molecule has 1 aliphatic rings. The first kappa shape index (κ1) is 11.2. The molecule has 2 N–H and O–H groups in total. The summed E-state index contributed by atoms with van der Waals surface area (Å²) in [6.07, 6.45) is 1.50. The molecule has 1 aromatic heterocycles. The summed E-state index contributed by atoms with van der Waals surface area (Å²) in [5, 5.41) is 0. The predicted molar refractivity (Wildman–Crippen MR) is 61.1 cm³/mol. The van der Waals surface area contributed by atoms with E-state index in [1.54, 1.807) is 11.0 Å². The van der Waals surface area contributed by atoms with Crippen LogP contribution in [0.3, 0.4) is 0 Å². The van der Waals surface area contributed by atoms with Gasteiger partial charge in [0.25, 0.3) is 5.91 Å². The molecule has 0 aromatic carbocycles. The van der Waals surface area contributed by atoms with Gasteiger partial charge in [-0.2, -0.15) is 0 Å². The summed E-state index contributed by atoms with van der Waals surface area (Å²) < 4.78 is 5.13. The maximum absolute atomic E-state index is 12.0. The normalized spacial score (nSPS) is 18.7. The van der Waals surface area contributed by atoms with E-state index in [2.05, 4.69) is 13.8 Å². The first-order valence-electron chi connectivity index (χ1n) is 5.56. The van der Waals surface area contributed by atoms with E-state index in [-0.39, 0.29) is 11.4 Å². The number of furan rings is 1. The fraction of sp³-hybridized carbons (Fsp3) is 0.583. The number of likely N-dealkylation sites (tertiary alicyclic amines) is 1. The van der Waals surface area contributed by atoms with Gasteiger partial charge in [0.15, 0.2) is 0 Å². The number of hydrogen-bond donors (Lipinski definition) is 1. The highest BCUT2D eigenvalue weighted by Crippen LogP contribution is 2.27. The number of nitrogens with two attached hydrogens (primary N) is 1. The van der Waals surface area contributed by atoms with E-state index in [1.807, 2.05) is 6.92 Å². The molecule has 0 spiro atoms. The lowest BCUT2D eigenvalue weighted by molar-refractivity contribution is 0.0274. The zero-order chi connectivity index (χ0) is 11.9. The molecule has 0 radical (unpaired) electrons. The van der Waals surface area contributed by atoms with Crippen molar-refractivity contribution in [3.8, 4) is 0 Å². The van der Waals surface area contributed by atoms with E-state index in [0.717, 1.165) is 5.76 Å². The molecule has 2 rings (SSSR count). The highest BCUT2D eigenvalue weighted by atomic mass is 16.3. The summed E-state index contributed by atoms with van der Waals surface area (Å²) in [6, 6.07) is 1.76. The highest BCUT2D eigenvalue weighted by Gasteiger charge is 2.44. The zero-order valence-electron chi connectivity index (χ0n) is 9.99. The molecule has 0 bridgehead atoms. The Kier molecular flexibility index (Phi) is 2.54. The van der Waals surface area contributed by atoms with E-state index >= 15 is 0 Å². The Labute approximate surface area is 95.4 Å². The van der Waals surface area contributed by atoms with Crippen molar-refractivity contribution < 1.29 is 9.21 Å². The lowest BCUT2D eigenvalue weighted by atomic mass is 9.80. The molecule has 0 atom stereocenters. The van der Waals surface area contributed by atoms with Crippen LogP contribution < -0.4 is 5.73 Å². The third-order valence-electron chi connectivity index (χ3n) is 3.39. The van der Waals surface area contributed by atoms with Gasteiger partial charge in [0, 0.05) is 13.1 Å². The molecule has 16 heavy (non-hydrogen) atoms. The minimum Gasteiger partial charge on any atom is -0.469 e. The maximum Gasteiger partial charge on any atom is 0.257 e. The second-order valence-electron chi connectivity index (χ2n) is 5.00. The standard InChI is InChI=1S/C12H18N2O2/c1-8(2)12(13)6-14(7-12)11(15)10-4-9(3)16-5-10/h4-5,8H,6-7,13H2,1-3H3. The van der Waals surface area contributed by atoms with Crippen LogP contribution >= 0.6 is 0 Å². The van der Waals surface area contributed by atoms with Crippen LogP contribution in [0.5, 0.6) is 0 Å². The summed E-state index contributed by atoms with van der Waals surface area (Å²) >= 11 is 0. The molecule has 1 amide bonds. The largest absolute Gasteiger partial charge is 0.469 e. The molecule has 88 valence electrons. The second-order valence-corrected chi connectivity index (χ2v) is 5.00. The van der Waals surface area contributed by atoms with Gasteiger partial charge in [-0.25, -0.2) is 0 Å². The van der Waals surface area contributed by atoms with Crippen LogP contribution in [0.4, 0.5) is 0 Å². The van der Waals surface area contributed by atoms with Gasteiger partial charge in [-0.1, -0.05) is 13.8 Å². The molecule has 1 saturated heterocycles. The molecule has 2 heterocycles. The summed E-state index contributed by atoms with van der Waals surface area (Å²) in [5.74, 6) is 1.16. The number of amides is 1. The average Bonchev–Trinajstić information content (AvgIpc) is 2.58. The van der Waals surface area contributed by atoms with Crippen LogP contribution in [-0.4, -0.2) is 29.4 Å². The molecule has 0 unspecified atom stereocenters. The van der Waals surface area contributed by atoms with Crippen molar-refractivity contribution in [1.82, 2.24) is 4.90 Å². The minimum absolute atomic E-state index is 0.0126. The van der Waals surface area contributed by atoms with Crippen molar-refractivity contribution >= 4 is 5.91 Å². The molecular formula is C12H18N2O2. The lowest BCUT2D eigenvalue weighted by Crippen LogP contribution is -2.71. The monoisotopic (exact) mass is 222 g/mol. The Hall–Kier alpha value is -1.29. The Morgan fingerprint density at radius 2 is 2.19 bits per heavy atom. The fourth-order valence-electron chi connectivity index (χ4n) is 1.91. The third kappa shape index (κ3) is 1.73.